The number of carbonyl (C=O) groups is 1. The van der Waals surface area contributed by atoms with E-state index in [9.17, 15) is 4.79 Å². The van der Waals surface area contributed by atoms with E-state index in [0.29, 0.717) is 17.3 Å². The zero-order chi connectivity index (χ0) is 18.8. The van der Waals surface area contributed by atoms with Gasteiger partial charge in [-0.2, -0.15) is 0 Å². The zero-order valence-electron chi connectivity index (χ0n) is 14.9. The van der Waals surface area contributed by atoms with Crippen LogP contribution in [0, 0.1) is 0 Å². The molecule has 0 aliphatic carbocycles. The van der Waals surface area contributed by atoms with Crippen LogP contribution in [0.25, 0.3) is 10.2 Å². The fraction of sp³-hybridized carbons (Fsp3) is 0.136. The van der Waals surface area contributed by atoms with Crippen molar-refractivity contribution in [3.05, 3.63) is 94.0 Å². The summed E-state index contributed by atoms with van der Waals surface area (Å²) in [5, 5.41) is 5.87. The van der Waals surface area contributed by atoms with Crippen molar-refractivity contribution in [2.24, 2.45) is 0 Å². The van der Waals surface area contributed by atoms with Crippen molar-refractivity contribution in [1.29, 1.82) is 0 Å². The Morgan fingerprint density at radius 2 is 1.93 bits per heavy atom. The number of benzene rings is 2. The van der Waals surface area contributed by atoms with Crippen LogP contribution in [-0.2, 0) is 6.54 Å². The number of fused-ring (bicyclic) bond motifs is 1. The minimum Gasteiger partial charge on any atom is -0.344 e. The van der Waals surface area contributed by atoms with Crippen LogP contribution >= 0.6 is 22.9 Å². The highest BCUT2D eigenvalue weighted by Gasteiger charge is 2.19. The van der Waals surface area contributed by atoms with E-state index in [-0.39, 0.29) is 11.9 Å². The van der Waals surface area contributed by atoms with Crippen molar-refractivity contribution < 1.29 is 4.79 Å². The monoisotopic (exact) mass is 394 g/mol. The average molecular weight is 395 g/mol. The van der Waals surface area contributed by atoms with Gasteiger partial charge in [0.05, 0.1) is 16.3 Å². The highest BCUT2D eigenvalue weighted by molar-refractivity contribution is 7.17. The molecule has 3 nitrogen and oxygen atoms in total. The SMILES string of the molecule is C[C@@H](NC(=O)c1cc2sccc2n1Cc1cccc(Cl)c1)c1ccccc1. The van der Waals surface area contributed by atoms with Crippen LogP contribution < -0.4 is 5.32 Å². The number of thiophene rings is 1. The summed E-state index contributed by atoms with van der Waals surface area (Å²) in [5.41, 5.74) is 3.88. The minimum atomic E-state index is -0.0724. The number of halogens is 1. The van der Waals surface area contributed by atoms with Crippen molar-refractivity contribution in [3.8, 4) is 0 Å². The molecule has 0 saturated carbocycles. The second kappa shape index (κ2) is 7.59. The first-order valence-corrected chi connectivity index (χ1v) is 10.0. The number of hydrogen-bond donors (Lipinski definition) is 1. The van der Waals surface area contributed by atoms with Gasteiger partial charge in [0, 0.05) is 11.6 Å². The van der Waals surface area contributed by atoms with Crippen LogP contribution in [0.2, 0.25) is 5.02 Å². The summed E-state index contributed by atoms with van der Waals surface area (Å²) in [5.74, 6) is -0.0724. The lowest BCUT2D eigenvalue weighted by Crippen LogP contribution is -2.28. The fourth-order valence-electron chi connectivity index (χ4n) is 3.25. The van der Waals surface area contributed by atoms with E-state index in [4.69, 9.17) is 11.6 Å². The smallest absolute Gasteiger partial charge is 0.268 e. The van der Waals surface area contributed by atoms with E-state index in [2.05, 4.69) is 16.0 Å². The number of nitrogens with one attached hydrogen (secondary N) is 1. The predicted molar refractivity (Wildman–Crippen MR) is 113 cm³/mol. The maximum atomic E-state index is 13.0. The standard InChI is InChI=1S/C22H19ClN2OS/c1-15(17-7-3-2-4-8-17)24-22(26)20-13-21-19(10-11-27-21)25(20)14-16-6-5-9-18(23)12-16/h2-13,15H,14H2,1H3,(H,24,26)/t15-/m1/s1. The molecule has 0 spiro atoms. The number of aromatic nitrogens is 1. The summed E-state index contributed by atoms with van der Waals surface area (Å²) < 4.78 is 3.17. The number of carbonyl (C=O) groups excluding carboxylic acids is 1. The average Bonchev–Trinajstić information content (AvgIpc) is 3.25. The van der Waals surface area contributed by atoms with E-state index < -0.39 is 0 Å². The van der Waals surface area contributed by atoms with E-state index in [1.54, 1.807) is 11.3 Å². The molecular weight excluding hydrogens is 376 g/mol. The van der Waals surface area contributed by atoms with E-state index in [1.165, 1.54) is 0 Å². The zero-order valence-corrected chi connectivity index (χ0v) is 16.4. The number of amides is 1. The minimum absolute atomic E-state index is 0.0637. The second-order valence-electron chi connectivity index (χ2n) is 6.52. The molecule has 2 aromatic heterocycles. The van der Waals surface area contributed by atoms with Gasteiger partial charge in [0.1, 0.15) is 5.69 Å². The Bertz CT molecular complexity index is 1080. The van der Waals surface area contributed by atoms with Gasteiger partial charge in [-0.05, 0) is 47.7 Å². The molecule has 2 heterocycles. The molecule has 1 atom stereocenters. The summed E-state index contributed by atoms with van der Waals surface area (Å²) in [6.07, 6.45) is 0. The van der Waals surface area contributed by atoms with Gasteiger partial charge in [-0.3, -0.25) is 4.79 Å². The molecule has 27 heavy (non-hydrogen) atoms. The van der Waals surface area contributed by atoms with E-state index in [1.807, 2.05) is 73.0 Å². The Morgan fingerprint density at radius 1 is 1.11 bits per heavy atom. The Balaban J connectivity index is 1.65. The van der Waals surface area contributed by atoms with Crippen molar-refractivity contribution in [2.45, 2.75) is 19.5 Å². The Kier molecular flexibility index (Phi) is 5.01. The summed E-state index contributed by atoms with van der Waals surface area (Å²) >= 11 is 7.78. The van der Waals surface area contributed by atoms with Gasteiger partial charge >= 0.3 is 0 Å². The fourth-order valence-corrected chi connectivity index (χ4v) is 4.28. The topological polar surface area (TPSA) is 34.0 Å². The van der Waals surface area contributed by atoms with Gasteiger partial charge in [0.2, 0.25) is 0 Å². The van der Waals surface area contributed by atoms with Crippen LogP contribution in [0.15, 0.2) is 72.1 Å². The molecule has 0 aliphatic heterocycles. The molecule has 0 radical (unpaired) electrons. The van der Waals surface area contributed by atoms with Gasteiger partial charge < -0.3 is 9.88 Å². The highest BCUT2D eigenvalue weighted by Crippen LogP contribution is 2.27. The van der Waals surface area contributed by atoms with Crippen LogP contribution in [0.4, 0.5) is 0 Å². The summed E-state index contributed by atoms with van der Waals surface area (Å²) in [6.45, 7) is 2.60. The summed E-state index contributed by atoms with van der Waals surface area (Å²) in [7, 11) is 0. The number of hydrogen-bond acceptors (Lipinski definition) is 2. The largest absolute Gasteiger partial charge is 0.344 e. The molecule has 0 fully saturated rings. The van der Waals surface area contributed by atoms with Crippen molar-refractivity contribution in [1.82, 2.24) is 9.88 Å². The Labute approximate surface area is 167 Å². The highest BCUT2D eigenvalue weighted by atomic mass is 35.5. The van der Waals surface area contributed by atoms with Gasteiger partial charge in [-0.1, -0.05) is 54.1 Å². The van der Waals surface area contributed by atoms with Gasteiger partial charge in [0.15, 0.2) is 0 Å². The quantitative estimate of drug-likeness (QED) is 0.449. The molecule has 0 aliphatic rings. The van der Waals surface area contributed by atoms with E-state index >= 15 is 0 Å². The lowest BCUT2D eigenvalue weighted by Gasteiger charge is -2.16. The first kappa shape index (κ1) is 17.8. The molecular formula is C22H19ClN2OS. The molecule has 0 saturated heterocycles. The lowest BCUT2D eigenvalue weighted by molar-refractivity contribution is 0.0931. The number of nitrogens with zero attached hydrogens (tertiary/aromatic N) is 1. The molecule has 1 amide bonds. The van der Waals surface area contributed by atoms with Crippen molar-refractivity contribution in [3.63, 3.8) is 0 Å². The Morgan fingerprint density at radius 3 is 2.70 bits per heavy atom. The molecule has 1 N–H and O–H groups in total. The molecule has 2 aromatic carbocycles. The maximum Gasteiger partial charge on any atom is 0.268 e. The third-order valence-electron chi connectivity index (χ3n) is 4.63. The van der Waals surface area contributed by atoms with Gasteiger partial charge in [0.25, 0.3) is 5.91 Å². The van der Waals surface area contributed by atoms with Crippen LogP contribution in [-0.4, -0.2) is 10.5 Å². The van der Waals surface area contributed by atoms with E-state index in [0.717, 1.165) is 21.3 Å². The van der Waals surface area contributed by atoms with Crippen LogP contribution in [0.1, 0.15) is 34.6 Å². The first-order valence-electron chi connectivity index (χ1n) is 8.79. The molecule has 4 rings (SSSR count). The molecule has 0 unspecified atom stereocenters. The maximum absolute atomic E-state index is 13.0. The normalized spacial score (nSPS) is 12.2. The van der Waals surface area contributed by atoms with Crippen LogP contribution in [0.5, 0.6) is 0 Å². The predicted octanol–water partition coefficient (Wildman–Crippen LogP) is 5.90. The van der Waals surface area contributed by atoms with Gasteiger partial charge in [-0.15, -0.1) is 11.3 Å². The third kappa shape index (κ3) is 3.77. The van der Waals surface area contributed by atoms with Crippen molar-refractivity contribution >= 4 is 39.1 Å². The first-order chi connectivity index (χ1) is 13.1. The van der Waals surface area contributed by atoms with Crippen LogP contribution in [0.3, 0.4) is 0 Å². The summed E-state index contributed by atoms with van der Waals surface area (Å²) in [6, 6.07) is 21.7. The lowest BCUT2D eigenvalue weighted by atomic mass is 10.1. The van der Waals surface area contributed by atoms with Crippen molar-refractivity contribution in [2.75, 3.05) is 0 Å². The van der Waals surface area contributed by atoms with Gasteiger partial charge in [-0.25, -0.2) is 0 Å². The summed E-state index contributed by atoms with van der Waals surface area (Å²) in [4.78, 5) is 13.0. The third-order valence-corrected chi connectivity index (χ3v) is 5.72. The molecule has 0 bridgehead atoms. The molecule has 4 aromatic rings. The second-order valence-corrected chi connectivity index (χ2v) is 7.91. The molecule has 136 valence electrons. The Hall–Kier alpha value is -2.56. The number of rotatable bonds is 5. The molecule has 5 heteroatoms.